The fourth-order valence-corrected chi connectivity index (χ4v) is 1.64. The number of alkyl halides is 2. The summed E-state index contributed by atoms with van der Waals surface area (Å²) in [6.45, 7) is 0. The number of benzene rings is 1. The number of rotatable bonds is 2. The lowest BCUT2D eigenvalue weighted by molar-refractivity contribution is -0.657. The van der Waals surface area contributed by atoms with Crippen LogP contribution < -0.4 is 0 Å². The lowest BCUT2D eigenvalue weighted by Gasteiger charge is -2.08. The Morgan fingerprint density at radius 3 is 2.65 bits per heavy atom. The van der Waals surface area contributed by atoms with Crippen LogP contribution in [0.25, 0.3) is 10.9 Å². The molecule has 2 rings (SSSR count). The quantitative estimate of drug-likeness (QED) is 0.472. The van der Waals surface area contributed by atoms with Crippen LogP contribution in [0.1, 0.15) is 5.69 Å². The minimum atomic E-state index is -4.24. The second kappa shape index (κ2) is 3.89. The van der Waals surface area contributed by atoms with E-state index in [1.54, 1.807) is 18.2 Å². The first-order valence-electron chi connectivity index (χ1n) is 4.51. The molecule has 1 heterocycles. The zero-order valence-corrected chi connectivity index (χ0v) is 8.99. The summed E-state index contributed by atoms with van der Waals surface area (Å²) in [5.41, 5.74) is -0.775. The van der Waals surface area contributed by atoms with Crippen LogP contribution in [0.3, 0.4) is 0 Å². The Labute approximate surface area is 99.0 Å². The maximum Gasteiger partial charge on any atom is 0.556 e. The highest BCUT2D eigenvalue weighted by Crippen LogP contribution is 2.31. The van der Waals surface area contributed by atoms with E-state index < -0.39 is 16.7 Å². The van der Waals surface area contributed by atoms with Gasteiger partial charge in [0.25, 0.3) is 0 Å². The van der Waals surface area contributed by atoms with Gasteiger partial charge in [-0.05, 0) is 12.1 Å². The molecule has 0 saturated heterocycles. The van der Waals surface area contributed by atoms with Gasteiger partial charge < -0.3 is 0 Å². The van der Waals surface area contributed by atoms with Crippen LogP contribution in [0.15, 0.2) is 30.3 Å². The zero-order valence-electron chi connectivity index (χ0n) is 8.23. The monoisotopic (exact) mass is 258 g/mol. The molecule has 0 N–H and O–H groups in total. The normalized spacial score (nSPS) is 11.7. The van der Waals surface area contributed by atoms with E-state index in [0.29, 0.717) is 5.39 Å². The van der Waals surface area contributed by atoms with Gasteiger partial charge in [0.05, 0.1) is 10.5 Å². The summed E-state index contributed by atoms with van der Waals surface area (Å²) in [4.78, 5) is 12.1. The molecule has 0 atom stereocenters. The van der Waals surface area contributed by atoms with Crippen molar-refractivity contribution in [2.75, 3.05) is 0 Å². The molecular weight excluding hydrogens is 254 g/mol. The van der Waals surface area contributed by atoms with Gasteiger partial charge in [-0.25, -0.2) is 4.98 Å². The topological polar surface area (TPSA) is 56.0 Å². The molecule has 0 spiro atoms. The van der Waals surface area contributed by atoms with E-state index in [4.69, 9.17) is 11.6 Å². The van der Waals surface area contributed by atoms with Crippen molar-refractivity contribution in [1.29, 1.82) is 0 Å². The van der Waals surface area contributed by atoms with E-state index in [1.807, 2.05) is 0 Å². The van der Waals surface area contributed by atoms with Crippen molar-refractivity contribution >= 4 is 22.5 Å². The first kappa shape index (κ1) is 11.7. The number of nitro groups is 1. The van der Waals surface area contributed by atoms with Gasteiger partial charge in [-0.2, -0.15) is 0 Å². The minimum Gasteiger partial charge on any atom is -0.259 e. The molecule has 1 aromatic carbocycles. The Hall–Kier alpha value is -1.82. The van der Waals surface area contributed by atoms with Crippen molar-refractivity contribution in [2.24, 2.45) is 0 Å². The fourth-order valence-electron chi connectivity index (χ4n) is 1.38. The first-order valence-corrected chi connectivity index (χ1v) is 4.89. The number of halogens is 3. The van der Waals surface area contributed by atoms with E-state index in [0.717, 1.165) is 6.07 Å². The number of nitrogens with zero attached hydrogens (tertiary/aromatic N) is 2. The molecule has 0 aliphatic heterocycles. The van der Waals surface area contributed by atoms with Crippen LogP contribution >= 0.6 is 11.6 Å². The van der Waals surface area contributed by atoms with Crippen molar-refractivity contribution in [3.8, 4) is 0 Å². The van der Waals surface area contributed by atoms with Gasteiger partial charge in [0.2, 0.25) is 0 Å². The highest BCUT2D eigenvalue weighted by Gasteiger charge is 2.48. The molecule has 4 nitrogen and oxygen atoms in total. The van der Waals surface area contributed by atoms with Crippen LogP contribution in [-0.4, -0.2) is 9.91 Å². The van der Waals surface area contributed by atoms with Gasteiger partial charge in [0.1, 0.15) is 4.92 Å². The molecule has 0 unspecified atom stereocenters. The molecule has 0 bridgehead atoms. The molecule has 88 valence electrons. The summed E-state index contributed by atoms with van der Waals surface area (Å²) in [6, 6.07) is 2.88. The van der Waals surface area contributed by atoms with Crippen LogP contribution in [0.4, 0.5) is 8.78 Å². The molecule has 0 aliphatic carbocycles. The van der Waals surface area contributed by atoms with Crippen LogP contribution in [0, 0.1) is 10.1 Å². The fraction of sp³-hybridized carbons (Fsp3) is 0.100. The van der Waals surface area contributed by atoms with Crippen molar-refractivity contribution in [3.05, 3.63) is 51.2 Å². The molecule has 17 heavy (non-hydrogen) atoms. The summed E-state index contributed by atoms with van der Waals surface area (Å²) in [7, 11) is 0. The van der Waals surface area contributed by atoms with Crippen LogP contribution in [0.2, 0.25) is 5.02 Å². The Balaban J connectivity index is 2.69. The van der Waals surface area contributed by atoms with Gasteiger partial charge in [0.15, 0.2) is 5.69 Å². The second-order valence-electron chi connectivity index (χ2n) is 3.30. The lowest BCUT2D eigenvalue weighted by Crippen LogP contribution is -2.25. The van der Waals surface area contributed by atoms with Gasteiger partial charge in [-0.1, -0.05) is 29.8 Å². The molecule has 0 fully saturated rings. The third kappa shape index (κ3) is 1.91. The molecule has 1 aromatic heterocycles. The van der Waals surface area contributed by atoms with Gasteiger partial charge in [-0.3, -0.25) is 10.1 Å². The van der Waals surface area contributed by atoms with E-state index in [-0.39, 0.29) is 10.5 Å². The summed E-state index contributed by atoms with van der Waals surface area (Å²) >= 11 is 5.78. The minimum absolute atomic E-state index is 0.00660. The van der Waals surface area contributed by atoms with Crippen LogP contribution in [0.5, 0.6) is 0 Å². The third-order valence-corrected chi connectivity index (χ3v) is 2.52. The smallest absolute Gasteiger partial charge is 0.259 e. The number of aromatic nitrogens is 1. The average molecular weight is 259 g/mol. The summed E-state index contributed by atoms with van der Waals surface area (Å²) in [6.07, 6.45) is 0. The molecular formula is C10H5ClF2N2O2. The molecule has 2 aromatic rings. The summed E-state index contributed by atoms with van der Waals surface area (Å²) < 4.78 is 26.3. The number of para-hydroxylation sites is 1. The summed E-state index contributed by atoms with van der Waals surface area (Å²) in [5.74, 6) is 0. The highest BCUT2D eigenvalue weighted by molar-refractivity contribution is 6.35. The molecule has 0 radical (unpaired) electrons. The zero-order chi connectivity index (χ0) is 12.6. The number of hydrogen-bond acceptors (Lipinski definition) is 3. The van der Waals surface area contributed by atoms with Crippen molar-refractivity contribution in [3.63, 3.8) is 0 Å². The van der Waals surface area contributed by atoms with Gasteiger partial charge >= 0.3 is 6.05 Å². The van der Waals surface area contributed by atoms with E-state index in [2.05, 4.69) is 4.98 Å². The summed E-state index contributed by atoms with van der Waals surface area (Å²) in [5, 5.41) is 10.7. The maximum atomic E-state index is 13.2. The van der Waals surface area contributed by atoms with E-state index >= 15 is 0 Å². The van der Waals surface area contributed by atoms with Crippen molar-refractivity contribution < 1.29 is 13.7 Å². The van der Waals surface area contributed by atoms with Gasteiger partial charge in [0, 0.05) is 5.39 Å². The SMILES string of the molecule is O=[N+]([O-])C(F)(F)c1cc(Cl)c2ccccc2n1. The van der Waals surface area contributed by atoms with E-state index in [1.165, 1.54) is 6.07 Å². The number of pyridine rings is 1. The molecule has 0 aliphatic rings. The second-order valence-corrected chi connectivity index (χ2v) is 3.71. The molecule has 0 amide bonds. The van der Waals surface area contributed by atoms with Crippen LogP contribution in [-0.2, 0) is 6.05 Å². The Bertz CT molecular complexity index is 604. The highest BCUT2D eigenvalue weighted by atomic mass is 35.5. The largest absolute Gasteiger partial charge is 0.556 e. The van der Waals surface area contributed by atoms with Crippen molar-refractivity contribution in [2.45, 2.75) is 6.05 Å². The standard InChI is InChI=1S/C10H5ClF2N2O2/c11-7-5-9(10(12,13)15(16)17)14-8-4-2-1-3-6(7)8/h1-5H. The average Bonchev–Trinajstić information content (AvgIpc) is 2.28. The molecule has 0 saturated carbocycles. The van der Waals surface area contributed by atoms with Crippen molar-refractivity contribution in [1.82, 2.24) is 4.98 Å². The number of hydrogen-bond donors (Lipinski definition) is 0. The lowest BCUT2D eigenvalue weighted by atomic mass is 10.2. The Morgan fingerprint density at radius 2 is 2.00 bits per heavy atom. The van der Waals surface area contributed by atoms with E-state index in [9.17, 15) is 18.9 Å². The first-order chi connectivity index (χ1) is 7.93. The number of fused-ring (bicyclic) bond motifs is 1. The third-order valence-electron chi connectivity index (χ3n) is 2.20. The maximum absolute atomic E-state index is 13.2. The Kier molecular flexibility index (Phi) is 2.66. The Morgan fingerprint density at radius 1 is 1.35 bits per heavy atom. The predicted molar refractivity (Wildman–Crippen MR) is 57.6 cm³/mol. The predicted octanol–water partition coefficient (Wildman–Crippen LogP) is 3.21. The van der Waals surface area contributed by atoms with Gasteiger partial charge in [-0.15, -0.1) is 8.78 Å². The molecule has 7 heteroatoms.